The van der Waals surface area contributed by atoms with Crippen LogP contribution in [-0.2, 0) is 14.3 Å². The fourth-order valence-electron chi connectivity index (χ4n) is 3.17. The largest absolute Gasteiger partial charge is 0.465 e. The Labute approximate surface area is 156 Å². The van der Waals surface area contributed by atoms with Crippen molar-refractivity contribution in [3.63, 3.8) is 0 Å². The second kappa shape index (κ2) is 11.4. The van der Waals surface area contributed by atoms with Gasteiger partial charge in [-0.25, -0.2) is 0 Å². The van der Waals surface area contributed by atoms with Crippen LogP contribution < -0.4 is 5.32 Å². The van der Waals surface area contributed by atoms with E-state index in [2.05, 4.69) is 27.3 Å². The second-order valence-electron chi connectivity index (χ2n) is 6.51. The van der Waals surface area contributed by atoms with Crippen LogP contribution in [0, 0.1) is 5.92 Å². The topological polar surface area (TPSA) is 54.0 Å². The SMILES string of the molecule is CCOC(=O)CNC(=S)N(CCN1CCOCC1)CC1CC=CCC1. The van der Waals surface area contributed by atoms with Gasteiger partial charge >= 0.3 is 5.97 Å². The number of morpholine rings is 1. The zero-order chi connectivity index (χ0) is 17.9. The van der Waals surface area contributed by atoms with Gasteiger partial charge in [-0.05, 0) is 44.3 Å². The van der Waals surface area contributed by atoms with E-state index in [4.69, 9.17) is 21.7 Å². The number of ether oxygens (including phenoxy) is 2. The van der Waals surface area contributed by atoms with E-state index in [1.54, 1.807) is 6.92 Å². The van der Waals surface area contributed by atoms with Crippen molar-refractivity contribution in [2.75, 3.05) is 59.1 Å². The molecule has 0 aromatic heterocycles. The van der Waals surface area contributed by atoms with Gasteiger partial charge in [0.05, 0.1) is 19.8 Å². The standard InChI is InChI=1S/C18H31N3O3S/c1-2-24-17(22)14-19-18(25)21(15-16-6-4-3-5-7-16)9-8-20-10-12-23-13-11-20/h3-4,16H,2,5-15H2,1H3,(H,19,25). The zero-order valence-electron chi connectivity index (χ0n) is 15.2. The maximum atomic E-state index is 11.6. The van der Waals surface area contributed by atoms with E-state index in [1.165, 1.54) is 6.42 Å². The Morgan fingerprint density at radius 2 is 2.20 bits per heavy atom. The van der Waals surface area contributed by atoms with Gasteiger partial charge in [-0.15, -0.1) is 0 Å². The molecular formula is C18H31N3O3S. The van der Waals surface area contributed by atoms with Gasteiger partial charge in [0.25, 0.3) is 0 Å². The Morgan fingerprint density at radius 3 is 2.88 bits per heavy atom. The third-order valence-electron chi connectivity index (χ3n) is 4.62. The third kappa shape index (κ3) is 7.71. The first-order chi connectivity index (χ1) is 12.2. The van der Waals surface area contributed by atoms with Crippen molar-refractivity contribution in [1.29, 1.82) is 0 Å². The van der Waals surface area contributed by atoms with Crippen molar-refractivity contribution < 1.29 is 14.3 Å². The molecule has 0 spiro atoms. The number of carbonyl (C=O) groups excluding carboxylic acids is 1. The lowest BCUT2D eigenvalue weighted by molar-refractivity contribution is -0.141. The molecule has 0 radical (unpaired) electrons. The Kier molecular flexibility index (Phi) is 9.21. The fraction of sp³-hybridized carbons (Fsp3) is 0.778. The van der Waals surface area contributed by atoms with Crippen LogP contribution in [0.15, 0.2) is 12.2 Å². The first-order valence-electron chi connectivity index (χ1n) is 9.32. The molecule has 0 saturated carbocycles. The summed E-state index contributed by atoms with van der Waals surface area (Å²) in [5.41, 5.74) is 0. The van der Waals surface area contributed by atoms with E-state index < -0.39 is 0 Å². The molecule has 142 valence electrons. The van der Waals surface area contributed by atoms with Gasteiger partial charge in [-0.2, -0.15) is 0 Å². The minimum atomic E-state index is -0.265. The number of hydrogen-bond acceptors (Lipinski definition) is 5. The van der Waals surface area contributed by atoms with Crippen molar-refractivity contribution in [3.8, 4) is 0 Å². The number of nitrogens with zero attached hydrogens (tertiary/aromatic N) is 2. The summed E-state index contributed by atoms with van der Waals surface area (Å²) >= 11 is 5.56. The van der Waals surface area contributed by atoms with E-state index in [9.17, 15) is 4.79 Å². The number of allylic oxidation sites excluding steroid dienone is 2. The molecule has 1 aliphatic carbocycles. The van der Waals surface area contributed by atoms with E-state index >= 15 is 0 Å². The normalized spacial score (nSPS) is 20.9. The molecule has 1 unspecified atom stereocenters. The van der Waals surface area contributed by atoms with Crippen LogP contribution in [0.3, 0.4) is 0 Å². The van der Waals surface area contributed by atoms with E-state index in [1.807, 2.05) is 0 Å². The van der Waals surface area contributed by atoms with Gasteiger partial charge in [0.15, 0.2) is 5.11 Å². The Morgan fingerprint density at radius 1 is 1.40 bits per heavy atom. The lowest BCUT2D eigenvalue weighted by Gasteiger charge is -2.33. The van der Waals surface area contributed by atoms with E-state index in [0.717, 1.165) is 58.8 Å². The molecule has 7 heteroatoms. The van der Waals surface area contributed by atoms with Gasteiger partial charge in [0, 0.05) is 32.7 Å². The third-order valence-corrected chi connectivity index (χ3v) is 5.03. The quantitative estimate of drug-likeness (QED) is 0.394. The Balaban J connectivity index is 1.84. The average Bonchev–Trinajstić information content (AvgIpc) is 2.65. The highest BCUT2D eigenvalue weighted by Crippen LogP contribution is 2.19. The summed E-state index contributed by atoms with van der Waals surface area (Å²) in [6, 6.07) is 0. The minimum absolute atomic E-state index is 0.130. The summed E-state index contributed by atoms with van der Waals surface area (Å²) < 4.78 is 10.4. The number of rotatable bonds is 8. The van der Waals surface area contributed by atoms with E-state index in [0.29, 0.717) is 17.6 Å². The van der Waals surface area contributed by atoms with Gasteiger partial charge in [-0.3, -0.25) is 9.69 Å². The van der Waals surface area contributed by atoms with Crippen molar-refractivity contribution in [3.05, 3.63) is 12.2 Å². The lowest BCUT2D eigenvalue weighted by atomic mass is 9.94. The van der Waals surface area contributed by atoms with Gasteiger partial charge in [-0.1, -0.05) is 12.2 Å². The number of hydrogen-bond donors (Lipinski definition) is 1. The van der Waals surface area contributed by atoms with Gasteiger partial charge < -0.3 is 19.7 Å². The molecule has 1 atom stereocenters. The van der Waals surface area contributed by atoms with Crippen LogP contribution in [0.25, 0.3) is 0 Å². The van der Waals surface area contributed by atoms with E-state index in [-0.39, 0.29) is 12.5 Å². The Bertz CT molecular complexity index is 453. The molecule has 1 N–H and O–H groups in total. The summed E-state index contributed by atoms with van der Waals surface area (Å²) in [4.78, 5) is 16.2. The molecule has 1 heterocycles. The van der Waals surface area contributed by atoms with Crippen LogP contribution >= 0.6 is 12.2 Å². The predicted molar refractivity (Wildman–Crippen MR) is 103 cm³/mol. The number of thiocarbonyl (C=S) groups is 1. The van der Waals surface area contributed by atoms with Crippen LogP contribution in [0.4, 0.5) is 0 Å². The van der Waals surface area contributed by atoms with Crippen molar-refractivity contribution >= 4 is 23.3 Å². The first-order valence-corrected chi connectivity index (χ1v) is 9.73. The maximum absolute atomic E-state index is 11.6. The van der Waals surface area contributed by atoms with Crippen LogP contribution in [-0.4, -0.2) is 80.0 Å². The highest BCUT2D eigenvalue weighted by Gasteiger charge is 2.19. The summed E-state index contributed by atoms with van der Waals surface area (Å²) in [5, 5.41) is 3.72. The first kappa shape index (κ1) is 20.1. The summed E-state index contributed by atoms with van der Waals surface area (Å²) in [5.74, 6) is 0.357. The summed E-state index contributed by atoms with van der Waals surface area (Å²) in [6.45, 7) is 8.66. The highest BCUT2D eigenvalue weighted by atomic mass is 32.1. The smallest absolute Gasteiger partial charge is 0.325 e. The molecule has 1 fully saturated rings. The monoisotopic (exact) mass is 369 g/mol. The van der Waals surface area contributed by atoms with Crippen molar-refractivity contribution in [2.45, 2.75) is 26.2 Å². The molecule has 1 aliphatic heterocycles. The molecule has 0 aromatic rings. The second-order valence-corrected chi connectivity index (χ2v) is 6.90. The molecular weight excluding hydrogens is 338 g/mol. The van der Waals surface area contributed by atoms with Crippen molar-refractivity contribution in [2.24, 2.45) is 5.92 Å². The van der Waals surface area contributed by atoms with Gasteiger partial charge in [0.1, 0.15) is 6.54 Å². The molecule has 25 heavy (non-hydrogen) atoms. The minimum Gasteiger partial charge on any atom is -0.465 e. The summed E-state index contributed by atoms with van der Waals surface area (Å²) in [6.07, 6.45) is 7.97. The average molecular weight is 370 g/mol. The molecule has 2 rings (SSSR count). The molecule has 0 amide bonds. The zero-order valence-corrected chi connectivity index (χ0v) is 16.1. The molecule has 0 aromatic carbocycles. The van der Waals surface area contributed by atoms with Crippen LogP contribution in [0.5, 0.6) is 0 Å². The summed E-state index contributed by atoms with van der Waals surface area (Å²) in [7, 11) is 0. The number of esters is 1. The molecule has 1 saturated heterocycles. The van der Waals surface area contributed by atoms with Crippen LogP contribution in [0.1, 0.15) is 26.2 Å². The molecule has 2 aliphatic rings. The number of carbonyl (C=O) groups is 1. The predicted octanol–water partition coefficient (Wildman–Crippen LogP) is 1.41. The number of nitrogens with one attached hydrogen (secondary N) is 1. The highest BCUT2D eigenvalue weighted by molar-refractivity contribution is 7.80. The maximum Gasteiger partial charge on any atom is 0.325 e. The van der Waals surface area contributed by atoms with Crippen molar-refractivity contribution in [1.82, 2.24) is 15.1 Å². The fourth-order valence-corrected chi connectivity index (χ4v) is 3.41. The molecule has 0 bridgehead atoms. The van der Waals surface area contributed by atoms with Gasteiger partial charge in [0.2, 0.25) is 0 Å². The lowest BCUT2D eigenvalue weighted by Crippen LogP contribution is -2.48. The Hall–Kier alpha value is -1.18. The molecule has 6 nitrogen and oxygen atoms in total. The van der Waals surface area contributed by atoms with Crippen LogP contribution in [0.2, 0.25) is 0 Å².